The molecular formula is C23H23N3O5. The van der Waals surface area contributed by atoms with Crippen LogP contribution in [0.5, 0.6) is 5.75 Å². The van der Waals surface area contributed by atoms with Crippen LogP contribution < -0.4 is 19.9 Å². The average molecular weight is 421 g/mol. The second-order valence-electron chi connectivity index (χ2n) is 7.08. The molecule has 0 saturated carbocycles. The third-order valence-electron chi connectivity index (χ3n) is 5.07. The normalized spacial score (nSPS) is 18.4. The molecule has 0 atom stereocenters. The molecule has 2 fully saturated rings. The Kier molecular flexibility index (Phi) is 5.99. The first kappa shape index (κ1) is 20.6. The van der Waals surface area contributed by atoms with Crippen LogP contribution in [0.3, 0.4) is 0 Å². The lowest BCUT2D eigenvalue weighted by Crippen LogP contribution is -2.54. The number of nitrogens with zero attached hydrogens (tertiary/aromatic N) is 2. The van der Waals surface area contributed by atoms with Crippen LogP contribution in [0.2, 0.25) is 0 Å². The molecule has 2 saturated heterocycles. The third kappa shape index (κ3) is 4.44. The van der Waals surface area contributed by atoms with Crippen molar-refractivity contribution in [1.82, 2.24) is 5.32 Å². The molecule has 2 heterocycles. The number of hydrogen-bond acceptors (Lipinski definition) is 6. The van der Waals surface area contributed by atoms with Crippen molar-refractivity contribution < 1.29 is 23.9 Å². The summed E-state index contributed by atoms with van der Waals surface area (Å²) >= 11 is 0. The molecule has 0 aliphatic carbocycles. The van der Waals surface area contributed by atoms with Crippen LogP contribution in [0.1, 0.15) is 12.5 Å². The molecule has 2 aromatic rings. The summed E-state index contributed by atoms with van der Waals surface area (Å²) in [5.41, 5.74) is 1.96. The molecular weight excluding hydrogens is 398 g/mol. The van der Waals surface area contributed by atoms with E-state index in [0.29, 0.717) is 36.8 Å². The Balaban J connectivity index is 1.59. The van der Waals surface area contributed by atoms with Crippen LogP contribution >= 0.6 is 0 Å². The first-order chi connectivity index (χ1) is 15.1. The summed E-state index contributed by atoms with van der Waals surface area (Å²) in [4.78, 5) is 41.0. The summed E-state index contributed by atoms with van der Waals surface area (Å²) in [5.74, 6) is -0.870. The molecule has 0 bridgehead atoms. The highest BCUT2D eigenvalue weighted by molar-refractivity contribution is 6.39. The number of morpholine rings is 1. The Hall–Kier alpha value is -3.65. The van der Waals surface area contributed by atoms with Gasteiger partial charge < -0.3 is 14.4 Å². The van der Waals surface area contributed by atoms with Gasteiger partial charge >= 0.3 is 6.03 Å². The van der Waals surface area contributed by atoms with E-state index < -0.39 is 17.8 Å². The second kappa shape index (κ2) is 9.01. The third-order valence-corrected chi connectivity index (χ3v) is 5.07. The van der Waals surface area contributed by atoms with E-state index in [0.717, 1.165) is 23.7 Å². The molecule has 0 radical (unpaired) electrons. The van der Waals surface area contributed by atoms with E-state index in [1.165, 1.54) is 6.08 Å². The Labute approximate surface area is 180 Å². The lowest BCUT2D eigenvalue weighted by Gasteiger charge is -2.29. The summed E-state index contributed by atoms with van der Waals surface area (Å²) in [6, 6.07) is 13.4. The first-order valence-corrected chi connectivity index (χ1v) is 10.1. The fraction of sp³-hybridized carbons (Fsp3) is 0.261. The number of carbonyl (C=O) groups is 3. The second-order valence-corrected chi connectivity index (χ2v) is 7.08. The molecule has 0 unspecified atom stereocenters. The van der Waals surface area contributed by atoms with Gasteiger partial charge in [-0.2, -0.15) is 0 Å². The fourth-order valence-electron chi connectivity index (χ4n) is 3.54. The molecule has 4 amide bonds. The van der Waals surface area contributed by atoms with Crippen molar-refractivity contribution in [3.63, 3.8) is 0 Å². The molecule has 4 rings (SSSR count). The van der Waals surface area contributed by atoms with Crippen LogP contribution in [0, 0.1) is 0 Å². The Morgan fingerprint density at radius 1 is 1.03 bits per heavy atom. The van der Waals surface area contributed by atoms with Gasteiger partial charge in [-0.05, 0) is 42.8 Å². The highest BCUT2D eigenvalue weighted by Crippen LogP contribution is 2.26. The lowest BCUT2D eigenvalue weighted by atomic mass is 10.1. The first-order valence-electron chi connectivity index (χ1n) is 10.1. The van der Waals surface area contributed by atoms with Gasteiger partial charge in [0, 0.05) is 24.8 Å². The molecule has 1 N–H and O–H groups in total. The topological polar surface area (TPSA) is 88.2 Å². The fourth-order valence-corrected chi connectivity index (χ4v) is 3.54. The minimum Gasteiger partial charge on any atom is -0.494 e. The van der Waals surface area contributed by atoms with Crippen molar-refractivity contribution in [1.29, 1.82) is 0 Å². The van der Waals surface area contributed by atoms with E-state index in [2.05, 4.69) is 10.2 Å². The molecule has 0 aromatic heterocycles. The quantitative estimate of drug-likeness (QED) is 0.590. The zero-order chi connectivity index (χ0) is 21.8. The van der Waals surface area contributed by atoms with E-state index in [-0.39, 0.29) is 5.57 Å². The van der Waals surface area contributed by atoms with Crippen molar-refractivity contribution >= 4 is 35.3 Å². The van der Waals surface area contributed by atoms with Gasteiger partial charge in [-0.3, -0.25) is 14.9 Å². The number of hydrogen-bond donors (Lipinski definition) is 1. The zero-order valence-corrected chi connectivity index (χ0v) is 17.2. The highest BCUT2D eigenvalue weighted by atomic mass is 16.5. The van der Waals surface area contributed by atoms with Crippen LogP contribution in [0.4, 0.5) is 16.2 Å². The number of imide groups is 2. The van der Waals surface area contributed by atoms with E-state index >= 15 is 0 Å². The Bertz CT molecular complexity index is 1030. The van der Waals surface area contributed by atoms with E-state index in [1.54, 1.807) is 24.3 Å². The molecule has 2 aromatic carbocycles. The maximum atomic E-state index is 13.0. The highest BCUT2D eigenvalue weighted by Gasteiger charge is 2.36. The summed E-state index contributed by atoms with van der Waals surface area (Å²) < 4.78 is 10.8. The van der Waals surface area contributed by atoms with E-state index in [4.69, 9.17) is 9.47 Å². The minimum atomic E-state index is -0.788. The summed E-state index contributed by atoms with van der Waals surface area (Å²) in [7, 11) is 0. The van der Waals surface area contributed by atoms with Crippen molar-refractivity contribution in [2.75, 3.05) is 42.7 Å². The summed E-state index contributed by atoms with van der Waals surface area (Å²) in [6.07, 6.45) is 1.49. The van der Waals surface area contributed by atoms with Crippen molar-refractivity contribution in [3.05, 3.63) is 59.7 Å². The SMILES string of the molecule is CCOc1cccc(N2C(=O)NC(=O)/C(=C\c3ccc(N4CCOCC4)cc3)C2=O)c1. The smallest absolute Gasteiger partial charge is 0.335 e. The van der Waals surface area contributed by atoms with Crippen LogP contribution in [0.15, 0.2) is 54.1 Å². The standard InChI is InChI=1S/C23H23N3O5/c1-2-31-19-5-3-4-18(15-19)26-22(28)20(21(27)24-23(26)29)14-16-6-8-17(9-7-16)25-10-12-30-13-11-25/h3-9,14-15H,2,10-13H2,1H3,(H,24,27,29)/b20-14+. The van der Waals surface area contributed by atoms with E-state index in [9.17, 15) is 14.4 Å². The largest absolute Gasteiger partial charge is 0.494 e. The van der Waals surface area contributed by atoms with Crippen LogP contribution in [-0.2, 0) is 14.3 Å². The zero-order valence-electron chi connectivity index (χ0n) is 17.2. The number of amides is 4. The summed E-state index contributed by atoms with van der Waals surface area (Å²) in [5, 5.41) is 2.24. The van der Waals surface area contributed by atoms with Gasteiger partial charge in [0.1, 0.15) is 11.3 Å². The number of anilines is 2. The molecule has 0 spiro atoms. The number of ether oxygens (including phenoxy) is 2. The van der Waals surface area contributed by atoms with Gasteiger partial charge in [-0.15, -0.1) is 0 Å². The van der Waals surface area contributed by atoms with Gasteiger partial charge in [0.15, 0.2) is 0 Å². The Morgan fingerprint density at radius 3 is 2.48 bits per heavy atom. The maximum absolute atomic E-state index is 13.0. The number of rotatable bonds is 5. The molecule has 8 heteroatoms. The van der Waals surface area contributed by atoms with Gasteiger partial charge in [0.2, 0.25) is 0 Å². The van der Waals surface area contributed by atoms with Crippen molar-refractivity contribution in [2.24, 2.45) is 0 Å². The number of carbonyl (C=O) groups excluding carboxylic acids is 3. The Morgan fingerprint density at radius 2 is 1.77 bits per heavy atom. The van der Waals surface area contributed by atoms with Crippen molar-refractivity contribution in [2.45, 2.75) is 6.92 Å². The number of barbiturate groups is 1. The minimum absolute atomic E-state index is 0.111. The summed E-state index contributed by atoms with van der Waals surface area (Å²) in [6.45, 7) is 5.31. The number of urea groups is 1. The lowest BCUT2D eigenvalue weighted by molar-refractivity contribution is -0.122. The molecule has 2 aliphatic rings. The predicted molar refractivity (Wildman–Crippen MR) is 116 cm³/mol. The van der Waals surface area contributed by atoms with E-state index in [1.807, 2.05) is 31.2 Å². The van der Waals surface area contributed by atoms with Crippen LogP contribution in [0.25, 0.3) is 6.08 Å². The van der Waals surface area contributed by atoms with Crippen LogP contribution in [-0.4, -0.2) is 50.8 Å². The molecule has 31 heavy (non-hydrogen) atoms. The predicted octanol–water partition coefficient (Wildman–Crippen LogP) is 2.59. The number of benzene rings is 2. The van der Waals surface area contributed by atoms with Gasteiger partial charge in [0.25, 0.3) is 11.8 Å². The van der Waals surface area contributed by atoms with Gasteiger partial charge in [-0.25, -0.2) is 9.69 Å². The average Bonchev–Trinajstić information content (AvgIpc) is 2.78. The monoisotopic (exact) mass is 421 g/mol. The van der Waals surface area contributed by atoms with Crippen molar-refractivity contribution in [3.8, 4) is 5.75 Å². The number of nitrogens with one attached hydrogen (secondary N) is 1. The molecule has 8 nitrogen and oxygen atoms in total. The van der Waals surface area contributed by atoms with Gasteiger partial charge in [0.05, 0.1) is 25.5 Å². The molecule has 160 valence electrons. The molecule has 2 aliphatic heterocycles. The maximum Gasteiger partial charge on any atom is 0.335 e. The van der Waals surface area contributed by atoms with Gasteiger partial charge in [-0.1, -0.05) is 18.2 Å².